The summed E-state index contributed by atoms with van der Waals surface area (Å²) in [5, 5.41) is 7.89. The standard InChI is InChI=1S/C42H36N2P2/c1-34(44-33-36-19-15-17-29-42(36)46(39-24-10-4-11-25-39)40-26-12-5-13-27-40)30-31-43-32-35-18-14-16-28-41(35)45(37-20-6-2-7-21-37)38-22-8-3-9-23-38/h2-29,32-33H,1,30-31H2/b43-32+,44-33+. The van der Waals surface area contributed by atoms with Gasteiger partial charge < -0.3 is 0 Å². The van der Waals surface area contributed by atoms with Gasteiger partial charge in [0, 0.05) is 42.2 Å². The lowest BCUT2D eigenvalue weighted by Crippen LogP contribution is -2.23. The smallest absolute Gasteiger partial charge is 0.0444 e. The van der Waals surface area contributed by atoms with Crippen molar-refractivity contribution in [2.24, 2.45) is 9.98 Å². The van der Waals surface area contributed by atoms with Crippen LogP contribution in [0.4, 0.5) is 0 Å². The predicted molar refractivity (Wildman–Crippen MR) is 204 cm³/mol. The predicted octanol–water partition coefficient (Wildman–Crippen LogP) is 7.64. The Morgan fingerprint density at radius 3 is 1.22 bits per heavy atom. The monoisotopic (exact) mass is 630 g/mol. The minimum absolute atomic E-state index is 0.626. The summed E-state index contributed by atoms with van der Waals surface area (Å²) in [5.74, 6) is 0. The molecule has 0 fully saturated rings. The SMILES string of the molecule is C=C(CC/N=C/c1ccccc1P(c1ccccc1)c1ccccc1)/N=C/c1ccccc1P(c1ccccc1)c1ccccc1. The van der Waals surface area contributed by atoms with Crippen molar-refractivity contribution in [2.45, 2.75) is 6.42 Å². The molecule has 0 bridgehead atoms. The lowest BCUT2D eigenvalue weighted by Gasteiger charge is -2.21. The molecule has 6 rings (SSSR count). The third-order valence-corrected chi connectivity index (χ3v) is 12.6. The van der Waals surface area contributed by atoms with Crippen LogP contribution in [0.1, 0.15) is 17.5 Å². The highest BCUT2D eigenvalue weighted by atomic mass is 31.1. The van der Waals surface area contributed by atoms with E-state index in [1.807, 2.05) is 12.4 Å². The number of hydrogen-bond donors (Lipinski definition) is 0. The van der Waals surface area contributed by atoms with Crippen LogP contribution in [0.25, 0.3) is 0 Å². The van der Waals surface area contributed by atoms with Crippen molar-refractivity contribution in [2.75, 3.05) is 6.54 Å². The quantitative estimate of drug-likeness (QED) is 0.0981. The summed E-state index contributed by atoms with van der Waals surface area (Å²) in [6, 6.07) is 60.3. The van der Waals surface area contributed by atoms with Gasteiger partial charge in [0.05, 0.1) is 0 Å². The molecule has 224 valence electrons. The highest BCUT2D eigenvalue weighted by Crippen LogP contribution is 2.34. The van der Waals surface area contributed by atoms with Crippen LogP contribution in [0.3, 0.4) is 0 Å². The van der Waals surface area contributed by atoms with Gasteiger partial charge in [-0.3, -0.25) is 9.98 Å². The van der Waals surface area contributed by atoms with Gasteiger partial charge in [-0.15, -0.1) is 0 Å². The molecule has 4 heteroatoms. The van der Waals surface area contributed by atoms with Crippen LogP contribution in [-0.2, 0) is 0 Å². The summed E-state index contributed by atoms with van der Waals surface area (Å²) in [4.78, 5) is 9.66. The average molecular weight is 631 g/mol. The van der Waals surface area contributed by atoms with E-state index < -0.39 is 15.8 Å². The summed E-state index contributed by atoms with van der Waals surface area (Å²) >= 11 is 0. The second kappa shape index (κ2) is 16.0. The van der Waals surface area contributed by atoms with Crippen LogP contribution in [0.5, 0.6) is 0 Å². The minimum Gasteiger partial charge on any atom is -0.292 e. The van der Waals surface area contributed by atoms with Crippen molar-refractivity contribution >= 4 is 60.1 Å². The zero-order valence-corrected chi connectivity index (χ0v) is 27.5. The van der Waals surface area contributed by atoms with E-state index in [0.717, 1.165) is 16.8 Å². The molecule has 46 heavy (non-hydrogen) atoms. The molecule has 6 aromatic rings. The molecule has 0 atom stereocenters. The van der Waals surface area contributed by atoms with Gasteiger partial charge in [0.2, 0.25) is 0 Å². The maximum atomic E-state index is 4.85. The first-order valence-corrected chi connectivity index (χ1v) is 18.2. The Labute approximate surface area is 275 Å². The van der Waals surface area contributed by atoms with E-state index in [1.165, 1.54) is 31.8 Å². The molecule has 0 aliphatic carbocycles. The molecule has 0 N–H and O–H groups in total. The van der Waals surface area contributed by atoms with E-state index in [-0.39, 0.29) is 0 Å². The zero-order valence-electron chi connectivity index (χ0n) is 25.7. The van der Waals surface area contributed by atoms with E-state index in [4.69, 9.17) is 9.98 Å². The van der Waals surface area contributed by atoms with E-state index in [0.29, 0.717) is 13.0 Å². The van der Waals surface area contributed by atoms with Crippen molar-refractivity contribution in [1.29, 1.82) is 0 Å². The fourth-order valence-corrected chi connectivity index (χ4v) is 10.2. The Balaban J connectivity index is 1.18. The highest BCUT2D eigenvalue weighted by molar-refractivity contribution is 7.80. The topological polar surface area (TPSA) is 24.7 Å². The third-order valence-electron chi connectivity index (χ3n) is 7.56. The molecule has 0 unspecified atom stereocenters. The van der Waals surface area contributed by atoms with Crippen LogP contribution in [0, 0.1) is 0 Å². The molecular weight excluding hydrogens is 594 g/mol. The molecule has 0 aromatic heterocycles. The maximum absolute atomic E-state index is 4.85. The van der Waals surface area contributed by atoms with Crippen LogP contribution in [0.15, 0.2) is 192 Å². The number of benzene rings is 6. The summed E-state index contributed by atoms with van der Waals surface area (Å²) in [7, 11) is -1.43. The van der Waals surface area contributed by atoms with Crippen molar-refractivity contribution in [1.82, 2.24) is 0 Å². The molecule has 0 amide bonds. The summed E-state index contributed by atoms with van der Waals surface area (Å²) in [6.07, 6.45) is 4.69. The van der Waals surface area contributed by atoms with Crippen LogP contribution < -0.4 is 31.8 Å². The first kappa shape index (κ1) is 31.3. The van der Waals surface area contributed by atoms with Crippen molar-refractivity contribution in [3.63, 3.8) is 0 Å². The number of rotatable bonds is 12. The average Bonchev–Trinajstić information content (AvgIpc) is 3.12. The maximum Gasteiger partial charge on any atom is 0.0444 e. The molecule has 0 saturated heterocycles. The van der Waals surface area contributed by atoms with Crippen LogP contribution in [-0.4, -0.2) is 19.0 Å². The van der Waals surface area contributed by atoms with E-state index in [9.17, 15) is 0 Å². The number of aliphatic imine (C=N–C) groups is 2. The highest BCUT2D eigenvalue weighted by Gasteiger charge is 2.19. The summed E-state index contributed by atoms with van der Waals surface area (Å²) in [5.41, 5.74) is 3.09. The van der Waals surface area contributed by atoms with E-state index in [2.05, 4.69) is 176 Å². The lowest BCUT2D eigenvalue weighted by molar-refractivity contribution is 0.947. The molecule has 0 radical (unpaired) electrons. The van der Waals surface area contributed by atoms with E-state index >= 15 is 0 Å². The molecule has 0 spiro atoms. The van der Waals surface area contributed by atoms with Gasteiger partial charge in [-0.25, -0.2) is 0 Å². The third kappa shape index (κ3) is 7.91. The van der Waals surface area contributed by atoms with Crippen molar-refractivity contribution in [3.05, 3.63) is 193 Å². The van der Waals surface area contributed by atoms with Gasteiger partial charge in [0.15, 0.2) is 0 Å². The van der Waals surface area contributed by atoms with E-state index in [1.54, 1.807) is 0 Å². The number of nitrogens with zero attached hydrogens (tertiary/aromatic N) is 2. The first-order chi connectivity index (χ1) is 22.8. The molecule has 0 saturated carbocycles. The van der Waals surface area contributed by atoms with Gasteiger partial charge in [0.1, 0.15) is 0 Å². The Kier molecular flexibility index (Phi) is 10.9. The molecule has 2 nitrogen and oxygen atoms in total. The second-order valence-electron chi connectivity index (χ2n) is 10.7. The fraction of sp³-hybridized carbons (Fsp3) is 0.0476. The molecule has 0 aliphatic rings. The molecular formula is C42H36N2P2. The Bertz CT molecular complexity index is 1830. The lowest BCUT2D eigenvalue weighted by atomic mass is 10.2. The Morgan fingerprint density at radius 1 is 0.457 bits per heavy atom. The normalized spacial score (nSPS) is 11.5. The van der Waals surface area contributed by atoms with Crippen molar-refractivity contribution in [3.8, 4) is 0 Å². The van der Waals surface area contributed by atoms with Gasteiger partial charge in [-0.05, 0) is 47.7 Å². The first-order valence-electron chi connectivity index (χ1n) is 15.5. The minimum atomic E-state index is -0.723. The largest absolute Gasteiger partial charge is 0.292 e. The van der Waals surface area contributed by atoms with Gasteiger partial charge in [-0.1, -0.05) is 176 Å². The summed E-state index contributed by atoms with van der Waals surface area (Å²) < 4.78 is 0. The summed E-state index contributed by atoms with van der Waals surface area (Å²) in [6.45, 7) is 4.89. The Hall–Kier alpha value is -4.74. The van der Waals surface area contributed by atoms with Crippen LogP contribution in [0.2, 0.25) is 0 Å². The van der Waals surface area contributed by atoms with Gasteiger partial charge >= 0.3 is 0 Å². The molecule has 0 aliphatic heterocycles. The van der Waals surface area contributed by atoms with Gasteiger partial charge in [0.25, 0.3) is 0 Å². The van der Waals surface area contributed by atoms with Crippen molar-refractivity contribution < 1.29 is 0 Å². The zero-order chi connectivity index (χ0) is 31.4. The molecule has 6 aromatic carbocycles. The number of hydrogen-bond acceptors (Lipinski definition) is 2. The fourth-order valence-electron chi connectivity index (χ4n) is 5.35. The Morgan fingerprint density at radius 2 is 0.804 bits per heavy atom. The second-order valence-corrected chi connectivity index (χ2v) is 15.1. The van der Waals surface area contributed by atoms with Gasteiger partial charge in [-0.2, -0.15) is 0 Å². The van der Waals surface area contributed by atoms with Crippen LogP contribution >= 0.6 is 15.8 Å². The molecule has 0 heterocycles.